The fourth-order valence-corrected chi connectivity index (χ4v) is 4.44. The van der Waals surface area contributed by atoms with E-state index in [0.717, 1.165) is 35.6 Å². The third-order valence-electron chi connectivity index (χ3n) is 6.40. The first kappa shape index (κ1) is 23.6. The number of ether oxygens (including phenoxy) is 1. The molecular weight excluding hydrogens is 424 g/mol. The number of hydrogen-bond donors (Lipinski definition) is 1. The summed E-state index contributed by atoms with van der Waals surface area (Å²) >= 11 is 0. The van der Waals surface area contributed by atoms with Gasteiger partial charge in [-0.05, 0) is 54.9 Å². The fraction of sp³-hybridized carbons (Fsp3) is 0.393. The monoisotopic (exact) mass is 456 g/mol. The van der Waals surface area contributed by atoms with Crippen LogP contribution in [0.4, 0.5) is 5.88 Å². The molecule has 1 aliphatic rings. The molecule has 1 fully saturated rings. The molecule has 1 saturated carbocycles. The molecule has 1 heterocycles. The third-order valence-corrected chi connectivity index (χ3v) is 6.40. The molecular formula is C28H32N4O2. The second-order valence-electron chi connectivity index (χ2n) is 8.92. The average Bonchev–Trinajstić information content (AvgIpc) is 3.30. The average molecular weight is 457 g/mol. The Hall–Kier alpha value is -3.59. The molecule has 176 valence electrons. The van der Waals surface area contributed by atoms with Gasteiger partial charge in [-0.2, -0.15) is 10.4 Å². The topological polar surface area (TPSA) is 83.4 Å². The summed E-state index contributed by atoms with van der Waals surface area (Å²) in [6, 6.07) is 19.9. The summed E-state index contributed by atoms with van der Waals surface area (Å²) in [6.07, 6.45) is 10.1. The minimum Gasteiger partial charge on any atom is -0.489 e. The summed E-state index contributed by atoms with van der Waals surface area (Å²) < 4.78 is 11.8. The van der Waals surface area contributed by atoms with Crippen LogP contribution in [0.3, 0.4) is 0 Å². The number of hydrazone groups is 1. The van der Waals surface area contributed by atoms with Crippen molar-refractivity contribution in [2.75, 3.05) is 5.43 Å². The summed E-state index contributed by atoms with van der Waals surface area (Å²) in [5.41, 5.74) is 5.10. The molecule has 0 bridgehead atoms. The lowest BCUT2D eigenvalue weighted by Gasteiger charge is -2.26. The van der Waals surface area contributed by atoms with Crippen molar-refractivity contribution in [3.8, 4) is 11.8 Å². The van der Waals surface area contributed by atoms with Crippen molar-refractivity contribution in [1.29, 1.82) is 5.26 Å². The van der Waals surface area contributed by atoms with E-state index in [2.05, 4.69) is 28.5 Å². The highest BCUT2D eigenvalue weighted by atomic mass is 16.5. The largest absolute Gasteiger partial charge is 0.489 e. The van der Waals surface area contributed by atoms with Gasteiger partial charge in [0.25, 0.3) is 5.88 Å². The van der Waals surface area contributed by atoms with E-state index in [1.54, 1.807) is 6.21 Å². The Morgan fingerprint density at radius 1 is 1.15 bits per heavy atom. The highest BCUT2D eigenvalue weighted by molar-refractivity contribution is 5.80. The SMILES string of the molecule is CCCCC1CCC(c2nc(C#N)c(N/N=C/c3cccc(OCc4ccccc4)c3)o2)CC1. The number of rotatable bonds is 10. The van der Waals surface area contributed by atoms with Gasteiger partial charge in [-0.3, -0.25) is 0 Å². The Balaban J connectivity index is 1.33. The zero-order valence-electron chi connectivity index (χ0n) is 19.7. The first-order valence-electron chi connectivity index (χ1n) is 12.2. The van der Waals surface area contributed by atoms with Crippen LogP contribution in [-0.4, -0.2) is 11.2 Å². The standard InChI is InChI=1S/C28H32N4O2/c1-2-3-8-21-13-15-24(16-14-21)27-31-26(18-29)28(34-27)32-30-19-23-11-7-12-25(17-23)33-20-22-9-5-4-6-10-22/h4-7,9-12,17,19,21,24,32H,2-3,8,13-16,20H2,1H3/b30-19+. The van der Waals surface area contributed by atoms with Crippen LogP contribution < -0.4 is 10.2 Å². The van der Waals surface area contributed by atoms with Crippen molar-refractivity contribution in [2.45, 2.75) is 64.4 Å². The van der Waals surface area contributed by atoms with Crippen molar-refractivity contribution in [3.05, 3.63) is 77.3 Å². The lowest BCUT2D eigenvalue weighted by atomic mass is 9.80. The van der Waals surface area contributed by atoms with Crippen molar-refractivity contribution >= 4 is 12.1 Å². The van der Waals surface area contributed by atoms with Crippen LogP contribution in [0.15, 0.2) is 64.1 Å². The number of benzene rings is 2. The summed E-state index contributed by atoms with van der Waals surface area (Å²) in [7, 11) is 0. The second-order valence-corrected chi connectivity index (χ2v) is 8.92. The Bertz CT molecular complexity index is 1110. The van der Waals surface area contributed by atoms with Gasteiger partial charge in [-0.1, -0.05) is 68.7 Å². The molecule has 0 atom stereocenters. The number of anilines is 1. The second kappa shape index (κ2) is 12.0. The van der Waals surface area contributed by atoms with Gasteiger partial charge in [0.05, 0.1) is 6.21 Å². The van der Waals surface area contributed by atoms with Gasteiger partial charge in [-0.15, -0.1) is 0 Å². The summed E-state index contributed by atoms with van der Waals surface area (Å²) in [6.45, 7) is 2.75. The molecule has 6 nitrogen and oxygen atoms in total. The molecule has 2 aromatic carbocycles. The lowest BCUT2D eigenvalue weighted by Crippen LogP contribution is -2.13. The number of nitrogens with one attached hydrogen (secondary N) is 1. The number of nitriles is 1. The van der Waals surface area contributed by atoms with E-state index >= 15 is 0 Å². The van der Waals surface area contributed by atoms with Crippen molar-refractivity contribution in [3.63, 3.8) is 0 Å². The minimum absolute atomic E-state index is 0.250. The molecule has 0 unspecified atom stereocenters. The Labute approximate surface area is 201 Å². The van der Waals surface area contributed by atoms with Crippen molar-refractivity contribution in [2.24, 2.45) is 11.0 Å². The Kier molecular flexibility index (Phi) is 8.34. The van der Waals surface area contributed by atoms with E-state index in [9.17, 15) is 5.26 Å². The molecule has 1 aromatic heterocycles. The molecule has 34 heavy (non-hydrogen) atoms. The third kappa shape index (κ3) is 6.48. The number of aromatic nitrogens is 1. The van der Waals surface area contributed by atoms with Gasteiger partial charge in [-0.25, -0.2) is 10.4 Å². The van der Waals surface area contributed by atoms with Crippen molar-refractivity contribution in [1.82, 2.24) is 4.98 Å². The van der Waals surface area contributed by atoms with Gasteiger partial charge in [0.15, 0.2) is 0 Å². The van der Waals surface area contributed by atoms with Gasteiger partial charge in [0.2, 0.25) is 11.6 Å². The quantitative estimate of drug-likeness (QED) is 0.261. The van der Waals surface area contributed by atoms with Gasteiger partial charge >= 0.3 is 0 Å². The molecule has 0 spiro atoms. The van der Waals surface area contributed by atoms with Crippen LogP contribution in [0.25, 0.3) is 0 Å². The predicted molar refractivity (Wildman–Crippen MR) is 134 cm³/mol. The van der Waals surface area contributed by atoms with Crippen LogP contribution in [-0.2, 0) is 6.61 Å². The maximum Gasteiger partial charge on any atom is 0.252 e. The maximum atomic E-state index is 9.49. The molecule has 6 heteroatoms. The number of nitrogens with zero attached hydrogens (tertiary/aromatic N) is 3. The van der Waals surface area contributed by atoms with Crippen LogP contribution in [0.2, 0.25) is 0 Å². The summed E-state index contributed by atoms with van der Waals surface area (Å²) in [5.74, 6) is 2.82. The van der Waals surface area contributed by atoms with Gasteiger partial charge in [0, 0.05) is 5.92 Å². The van der Waals surface area contributed by atoms with Gasteiger partial charge in [0.1, 0.15) is 18.4 Å². The van der Waals surface area contributed by atoms with Crippen LogP contribution in [0.1, 0.15) is 80.5 Å². The smallest absolute Gasteiger partial charge is 0.252 e. The first-order valence-corrected chi connectivity index (χ1v) is 12.2. The molecule has 0 radical (unpaired) electrons. The highest BCUT2D eigenvalue weighted by Gasteiger charge is 2.27. The summed E-state index contributed by atoms with van der Waals surface area (Å²) in [4.78, 5) is 4.45. The minimum atomic E-state index is 0.250. The summed E-state index contributed by atoms with van der Waals surface area (Å²) in [5, 5.41) is 13.8. The van der Waals surface area contributed by atoms with E-state index in [0.29, 0.717) is 18.4 Å². The predicted octanol–water partition coefficient (Wildman–Crippen LogP) is 7.04. The van der Waals surface area contributed by atoms with E-state index in [1.807, 2.05) is 54.6 Å². The maximum absolute atomic E-state index is 9.49. The normalized spacial score (nSPS) is 18.0. The van der Waals surface area contributed by atoms with E-state index in [-0.39, 0.29) is 11.6 Å². The zero-order valence-corrected chi connectivity index (χ0v) is 19.7. The Morgan fingerprint density at radius 2 is 1.97 bits per heavy atom. The van der Waals surface area contributed by atoms with Crippen LogP contribution in [0.5, 0.6) is 5.75 Å². The zero-order chi connectivity index (χ0) is 23.6. The lowest BCUT2D eigenvalue weighted by molar-refractivity contribution is 0.278. The first-order chi connectivity index (χ1) is 16.7. The Morgan fingerprint density at radius 3 is 2.74 bits per heavy atom. The van der Waals surface area contributed by atoms with E-state index in [4.69, 9.17) is 9.15 Å². The molecule has 0 saturated heterocycles. The number of oxazole rings is 1. The highest BCUT2D eigenvalue weighted by Crippen LogP contribution is 2.38. The van der Waals surface area contributed by atoms with Crippen LogP contribution in [0, 0.1) is 17.2 Å². The molecule has 1 aliphatic carbocycles. The number of unbranched alkanes of at least 4 members (excludes halogenated alkanes) is 1. The van der Waals surface area contributed by atoms with Gasteiger partial charge < -0.3 is 9.15 Å². The van der Waals surface area contributed by atoms with E-state index < -0.39 is 0 Å². The molecule has 1 N–H and O–H groups in total. The molecule has 4 rings (SSSR count). The van der Waals surface area contributed by atoms with Crippen LogP contribution >= 0.6 is 0 Å². The molecule has 0 amide bonds. The fourth-order valence-electron chi connectivity index (χ4n) is 4.44. The van der Waals surface area contributed by atoms with Crippen molar-refractivity contribution < 1.29 is 9.15 Å². The molecule has 3 aromatic rings. The van der Waals surface area contributed by atoms with E-state index in [1.165, 1.54) is 32.1 Å². The number of hydrogen-bond acceptors (Lipinski definition) is 6. The molecule has 0 aliphatic heterocycles.